The van der Waals surface area contributed by atoms with E-state index in [2.05, 4.69) is 5.32 Å². The lowest BCUT2D eigenvalue weighted by atomic mass is 10.0. The molecule has 0 unspecified atom stereocenters. The van der Waals surface area contributed by atoms with Crippen molar-refractivity contribution in [2.45, 2.75) is 0 Å². The van der Waals surface area contributed by atoms with Gasteiger partial charge in [0.1, 0.15) is 0 Å². The van der Waals surface area contributed by atoms with Crippen LogP contribution < -0.4 is 5.32 Å². The van der Waals surface area contributed by atoms with Crippen molar-refractivity contribution >= 4 is 17.6 Å². The molecule has 0 saturated heterocycles. The summed E-state index contributed by atoms with van der Waals surface area (Å²) >= 11 is 0. The van der Waals surface area contributed by atoms with Crippen LogP contribution in [-0.4, -0.2) is 26.2 Å². The number of amides is 1. The van der Waals surface area contributed by atoms with Crippen LogP contribution in [0.15, 0.2) is 60.7 Å². The normalized spacial score (nSPS) is 11.2. The number of benzene rings is 2. The number of hydrogen-bond acceptors (Lipinski definition) is 2. The second kappa shape index (κ2) is 8.02. The van der Waals surface area contributed by atoms with E-state index < -0.39 is 0 Å². The monoisotopic (exact) mass is 281 g/mol. The number of ether oxygens (including phenoxy) is 1. The average molecular weight is 281 g/mol. The zero-order chi connectivity index (χ0) is 14.9. The predicted octanol–water partition coefficient (Wildman–Crippen LogP) is 2.99. The van der Waals surface area contributed by atoms with E-state index in [0.717, 1.165) is 11.1 Å². The van der Waals surface area contributed by atoms with E-state index in [-0.39, 0.29) is 5.91 Å². The maximum Gasteiger partial charge on any atom is 0.251 e. The van der Waals surface area contributed by atoms with Gasteiger partial charge in [0.05, 0.1) is 6.61 Å². The van der Waals surface area contributed by atoms with E-state index in [9.17, 15) is 4.79 Å². The van der Waals surface area contributed by atoms with Gasteiger partial charge in [-0.25, -0.2) is 0 Å². The molecule has 3 heteroatoms. The number of carbonyl (C=O) groups is 1. The third-order valence-corrected chi connectivity index (χ3v) is 3.03. The van der Waals surface area contributed by atoms with Crippen LogP contribution >= 0.6 is 0 Å². The molecule has 0 saturated carbocycles. The predicted molar refractivity (Wildman–Crippen MR) is 85.6 cm³/mol. The van der Waals surface area contributed by atoms with Crippen molar-refractivity contribution in [1.29, 1.82) is 0 Å². The largest absolute Gasteiger partial charge is 0.383 e. The molecule has 108 valence electrons. The standard InChI is InChI=1S/C18H19NO2/c1-21-13-12-19-18(20)17(16-10-6-3-7-11-16)14-15-8-4-2-5-9-15/h2-11,14H,12-13H2,1H3,(H,19,20)/b17-14-. The Balaban J connectivity index is 2.27. The molecule has 2 aromatic rings. The Morgan fingerprint density at radius 2 is 1.67 bits per heavy atom. The Morgan fingerprint density at radius 3 is 2.29 bits per heavy atom. The number of methoxy groups -OCH3 is 1. The molecular weight excluding hydrogens is 262 g/mol. The van der Waals surface area contributed by atoms with Gasteiger partial charge >= 0.3 is 0 Å². The van der Waals surface area contributed by atoms with Crippen LogP contribution in [0.5, 0.6) is 0 Å². The summed E-state index contributed by atoms with van der Waals surface area (Å²) < 4.78 is 4.96. The van der Waals surface area contributed by atoms with E-state index in [1.54, 1.807) is 7.11 Å². The molecule has 0 aliphatic carbocycles. The molecule has 2 aromatic carbocycles. The van der Waals surface area contributed by atoms with Crippen molar-refractivity contribution in [2.75, 3.05) is 20.3 Å². The highest BCUT2D eigenvalue weighted by atomic mass is 16.5. The summed E-state index contributed by atoms with van der Waals surface area (Å²) in [7, 11) is 1.62. The zero-order valence-corrected chi connectivity index (χ0v) is 12.1. The quantitative estimate of drug-likeness (QED) is 0.502. The molecule has 0 spiro atoms. The number of carbonyl (C=O) groups excluding carboxylic acids is 1. The molecule has 0 heterocycles. The molecule has 0 aromatic heterocycles. The van der Waals surface area contributed by atoms with Crippen molar-refractivity contribution in [3.63, 3.8) is 0 Å². The summed E-state index contributed by atoms with van der Waals surface area (Å²) in [5, 5.41) is 2.87. The molecule has 1 amide bonds. The third-order valence-electron chi connectivity index (χ3n) is 3.03. The first-order valence-corrected chi connectivity index (χ1v) is 6.90. The van der Waals surface area contributed by atoms with Gasteiger partial charge in [-0.05, 0) is 17.2 Å². The van der Waals surface area contributed by atoms with Crippen LogP contribution in [0.25, 0.3) is 11.6 Å². The first-order chi connectivity index (χ1) is 10.3. The molecule has 0 radical (unpaired) electrons. The van der Waals surface area contributed by atoms with Gasteiger partial charge in [-0.3, -0.25) is 4.79 Å². The molecule has 21 heavy (non-hydrogen) atoms. The van der Waals surface area contributed by atoms with E-state index in [1.165, 1.54) is 0 Å². The van der Waals surface area contributed by atoms with Crippen LogP contribution in [0.3, 0.4) is 0 Å². The molecule has 2 rings (SSSR count). The maximum atomic E-state index is 12.4. The van der Waals surface area contributed by atoms with Gasteiger partial charge in [-0.1, -0.05) is 60.7 Å². The summed E-state index contributed by atoms with van der Waals surface area (Å²) in [5.74, 6) is -0.0953. The zero-order valence-electron chi connectivity index (χ0n) is 12.1. The van der Waals surface area contributed by atoms with Gasteiger partial charge in [0.2, 0.25) is 0 Å². The smallest absolute Gasteiger partial charge is 0.251 e. The summed E-state index contributed by atoms with van der Waals surface area (Å²) in [6.45, 7) is 0.993. The molecule has 0 bridgehead atoms. The van der Waals surface area contributed by atoms with Crippen LogP contribution in [0.2, 0.25) is 0 Å². The maximum absolute atomic E-state index is 12.4. The molecule has 0 aliphatic heterocycles. The van der Waals surface area contributed by atoms with Gasteiger partial charge in [-0.2, -0.15) is 0 Å². The summed E-state index contributed by atoms with van der Waals surface area (Å²) in [6.07, 6.45) is 1.90. The summed E-state index contributed by atoms with van der Waals surface area (Å²) in [5.41, 5.74) is 2.55. The van der Waals surface area contributed by atoms with E-state index >= 15 is 0 Å². The second-order valence-corrected chi connectivity index (χ2v) is 4.58. The van der Waals surface area contributed by atoms with Crippen molar-refractivity contribution in [3.8, 4) is 0 Å². The first-order valence-electron chi connectivity index (χ1n) is 6.90. The highest BCUT2D eigenvalue weighted by Gasteiger charge is 2.11. The highest BCUT2D eigenvalue weighted by Crippen LogP contribution is 2.18. The lowest BCUT2D eigenvalue weighted by molar-refractivity contribution is -0.115. The Morgan fingerprint density at radius 1 is 1.05 bits per heavy atom. The van der Waals surface area contributed by atoms with E-state index in [1.807, 2.05) is 66.7 Å². The molecule has 0 aliphatic rings. The van der Waals surface area contributed by atoms with Crippen molar-refractivity contribution in [2.24, 2.45) is 0 Å². The SMILES string of the molecule is COCCNC(=O)/C(=C\c1ccccc1)c1ccccc1. The van der Waals surface area contributed by atoms with E-state index in [0.29, 0.717) is 18.7 Å². The van der Waals surface area contributed by atoms with Crippen molar-refractivity contribution in [3.05, 3.63) is 71.8 Å². The minimum absolute atomic E-state index is 0.0953. The second-order valence-electron chi connectivity index (χ2n) is 4.58. The Kier molecular flexibility index (Phi) is 5.73. The lowest BCUT2D eigenvalue weighted by Gasteiger charge is -2.09. The average Bonchev–Trinajstić information content (AvgIpc) is 2.54. The number of rotatable bonds is 6. The van der Waals surface area contributed by atoms with Crippen molar-refractivity contribution < 1.29 is 9.53 Å². The highest BCUT2D eigenvalue weighted by molar-refractivity contribution is 6.24. The number of hydrogen-bond donors (Lipinski definition) is 1. The molecule has 3 nitrogen and oxygen atoms in total. The van der Waals surface area contributed by atoms with Crippen LogP contribution in [-0.2, 0) is 9.53 Å². The van der Waals surface area contributed by atoms with E-state index in [4.69, 9.17) is 4.74 Å². The van der Waals surface area contributed by atoms with Gasteiger partial charge in [0.25, 0.3) is 5.91 Å². The van der Waals surface area contributed by atoms with Gasteiger partial charge in [-0.15, -0.1) is 0 Å². The minimum atomic E-state index is -0.0953. The fraction of sp³-hybridized carbons (Fsp3) is 0.167. The Hall–Kier alpha value is -2.39. The summed E-state index contributed by atoms with van der Waals surface area (Å²) in [4.78, 5) is 12.4. The Labute approximate surface area is 125 Å². The fourth-order valence-corrected chi connectivity index (χ4v) is 1.98. The number of nitrogens with one attached hydrogen (secondary N) is 1. The van der Waals surface area contributed by atoms with Gasteiger partial charge in [0, 0.05) is 19.2 Å². The first kappa shape index (κ1) is 15.0. The van der Waals surface area contributed by atoms with Gasteiger partial charge < -0.3 is 10.1 Å². The fourth-order valence-electron chi connectivity index (χ4n) is 1.98. The molecule has 0 fully saturated rings. The molecule has 1 N–H and O–H groups in total. The topological polar surface area (TPSA) is 38.3 Å². The molecular formula is C18H19NO2. The van der Waals surface area contributed by atoms with Crippen LogP contribution in [0, 0.1) is 0 Å². The Bertz CT molecular complexity index is 591. The minimum Gasteiger partial charge on any atom is -0.383 e. The third kappa shape index (κ3) is 4.58. The van der Waals surface area contributed by atoms with Gasteiger partial charge in [0.15, 0.2) is 0 Å². The van der Waals surface area contributed by atoms with Crippen LogP contribution in [0.4, 0.5) is 0 Å². The summed E-state index contributed by atoms with van der Waals surface area (Å²) in [6, 6.07) is 19.5. The lowest BCUT2D eigenvalue weighted by Crippen LogP contribution is -2.27. The van der Waals surface area contributed by atoms with Crippen LogP contribution in [0.1, 0.15) is 11.1 Å². The molecule has 0 atom stereocenters. The van der Waals surface area contributed by atoms with Crippen molar-refractivity contribution in [1.82, 2.24) is 5.32 Å².